The molecule has 0 aromatic heterocycles. The van der Waals surface area contributed by atoms with E-state index in [-0.39, 0.29) is 18.5 Å². The van der Waals surface area contributed by atoms with E-state index >= 15 is 0 Å². The molecule has 1 aliphatic carbocycles. The van der Waals surface area contributed by atoms with Gasteiger partial charge in [0.15, 0.2) is 0 Å². The van der Waals surface area contributed by atoms with Crippen LogP contribution in [0.25, 0.3) is 0 Å². The zero-order chi connectivity index (χ0) is 17.8. The Balaban J connectivity index is 1.42. The molecule has 3 rings (SSSR count). The average molecular weight is 344 g/mol. The smallest absolute Gasteiger partial charge is 0.309 e. The summed E-state index contributed by atoms with van der Waals surface area (Å²) in [5.74, 6) is -1.55. The Kier molecular flexibility index (Phi) is 5.21. The van der Waals surface area contributed by atoms with Gasteiger partial charge in [0, 0.05) is 37.9 Å². The van der Waals surface area contributed by atoms with E-state index < -0.39 is 11.8 Å². The number of amides is 3. The molecule has 7 heteroatoms. The van der Waals surface area contributed by atoms with E-state index in [1.54, 1.807) is 4.90 Å². The van der Waals surface area contributed by atoms with Crippen LogP contribution < -0.4 is 15.5 Å². The van der Waals surface area contributed by atoms with Crippen molar-refractivity contribution in [3.63, 3.8) is 0 Å². The molecule has 1 aliphatic heterocycles. The van der Waals surface area contributed by atoms with Crippen molar-refractivity contribution in [2.45, 2.75) is 25.8 Å². The van der Waals surface area contributed by atoms with Crippen LogP contribution in [0.3, 0.4) is 0 Å². The quantitative estimate of drug-likeness (QED) is 0.756. The van der Waals surface area contributed by atoms with E-state index in [0.29, 0.717) is 13.1 Å². The van der Waals surface area contributed by atoms with Gasteiger partial charge in [-0.2, -0.15) is 0 Å². The predicted octanol–water partition coefficient (Wildman–Crippen LogP) is 0.0384. The van der Waals surface area contributed by atoms with E-state index in [0.717, 1.165) is 31.6 Å². The maximum atomic E-state index is 12.2. The van der Waals surface area contributed by atoms with Gasteiger partial charge < -0.3 is 20.4 Å². The molecule has 1 aromatic rings. The van der Waals surface area contributed by atoms with Crippen molar-refractivity contribution in [2.24, 2.45) is 0 Å². The normalized spacial score (nSPS) is 17.2. The Bertz CT molecular complexity index is 664. The lowest BCUT2D eigenvalue weighted by atomic mass is 10.2. The monoisotopic (exact) mass is 344 g/mol. The van der Waals surface area contributed by atoms with Crippen molar-refractivity contribution >= 4 is 23.4 Å². The van der Waals surface area contributed by atoms with Gasteiger partial charge in [0.05, 0.1) is 6.54 Å². The SMILES string of the molecule is Cc1cccc(N2CCN(C(=O)CNC(=O)C(=O)NC3CC3)CC2)c1. The third-order valence-electron chi connectivity index (χ3n) is 4.52. The second-order valence-corrected chi connectivity index (χ2v) is 6.64. The first-order valence-corrected chi connectivity index (χ1v) is 8.71. The molecule has 1 heterocycles. The maximum Gasteiger partial charge on any atom is 0.309 e. The van der Waals surface area contributed by atoms with Gasteiger partial charge in [-0.3, -0.25) is 14.4 Å². The lowest BCUT2D eigenvalue weighted by Gasteiger charge is -2.36. The number of rotatable bonds is 4. The van der Waals surface area contributed by atoms with Crippen molar-refractivity contribution < 1.29 is 14.4 Å². The lowest BCUT2D eigenvalue weighted by Crippen LogP contribution is -2.52. The van der Waals surface area contributed by atoms with Gasteiger partial charge in [-0.05, 0) is 37.5 Å². The Morgan fingerprint density at radius 2 is 1.80 bits per heavy atom. The van der Waals surface area contributed by atoms with Gasteiger partial charge in [0.25, 0.3) is 0 Å². The van der Waals surface area contributed by atoms with Crippen molar-refractivity contribution in [1.82, 2.24) is 15.5 Å². The van der Waals surface area contributed by atoms with E-state index in [1.165, 1.54) is 5.56 Å². The van der Waals surface area contributed by atoms with Gasteiger partial charge in [0.1, 0.15) is 0 Å². The van der Waals surface area contributed by atoms with Crippen LogP contribution in [0.5, 0.6) is 0 Å². The summed E-state index contributed by atoms with van der Waals surface area (Å²) < 4.78 is 0. The summed E-state index contributed by atoms with van der Waals surface area (Å²) in [5.41, 5.74) is 2.38. The lowest BCUT2D eigenvalue weighted by molar-refractivity contribution is -0.140. The highest BCUT2D eigenvalue weighted by atomic mass is 16.2. The predicted molar refractivity (Wildman–Crippen MR) is 94.1 cm³/mol. The van der Waals surface area contributed by atoms with Gasteiger partial charge in [-0.25, -0.2) is 0 Å². The molecule has 0 bridgehead atoms. The molecule has 2 fully saturated rings. The number of nitrogens with one attached hydrogen (secondary N) is 2. The molecule has 0 unspecified atom stereocenters. The minimum absolute atomic E-state index is 0.128. The van der Waals surface area contributed by atoms with Gasteiger partial charge in [0.2, 0.25) is 5.91 Å². The number of piperazine rings is 1. The molecule has 3 amide bonds. The molecule has 0 atom stereocenters. The topological polar surface area (TPSA) is 81.8 Å². The molecular weight excluding hydrogens is 320 g/mol. The average Bonchev–Trinajstić information content (AvgIpc) is 3.43. The number of carbonyl (C=O) groups is 3. The Labute approximate surface area is 147 Å². The summed E-state index contributed by atoms with van der Waals surface area (Å²) >= 11 is 0. The molecule has 0 radical (unpaired) electrons. The Morgan fingerprint density at radius 3 is 2.44 bits per heavy atom. The first-order chi connectivity index (χ1) is 12.0. The van der Waals surface area contributed by atoms with Crippen LogP contribution in [-0.4, -0.2) is 61.4 Å². The Morgan fingerprint density at radius 1 is 1.08 bits per heavy atom. The van der Waals surface area contributed by atoms with Crippen molar-refractivity contribution in [3.8, 4) is 0 Å². The highest BCUT2D eigenvalue weighted by Crippen LogP contribution is 2.18. The third kappa shape index (κ3) is 4.71. The number of aryl methyl sites for hydroxylation is 1. The molecule has 1 saturated carbocycles. The van der Waals surface area contributed by atoms with Crippen LogP contribution in [0.1, 0.15) is 18.4 Å². The van der Waals surface area contributed by atoms with Crippen LogP contribution in [0, 0.1) is 6.92 Å². The number of anilines is 1. The van der Waals surface area contributed by atoms with Crippen LogP contribution in [0.2, 0.25) is 0 Å². The Hall–Kier alpha value is -2.57. The van der Waals surface area contributed by atoms with Gasteiger partial charge in [-0.1, -0.05) is 12.1 Å². The highest BCUT2D eigenvalue weighted by Gasteiger charge is 2.27. The number of nitrogens with zero attached hydrogens (tertiary/aromatic N) is 2. The standard InChI is InChI=1S/C18H24N4O3/c1-13-3-2-4-15(11-13)21-7-9-22(10-8-21)16(23)12-19-17(24)18(25)20-14-5-6-14/h2-4,11,14H,5-10,12H2,1H3,(H,19,24)(H,20,25). The summed E-state index contributed by atoms with van der Waals surface area (Å²) in [6.07, 6.45) is 1.84. The van der Waals surface area contributed by atoms with E-state index in [4.69, 9.17) is 0 Å². The summed E-state index contributed by atoms with van der Waals surface area (Å²) in [5, 5.41) is 5.01. The fourth-order valence-corrected chi connectivity index (χ4v) is 2.87. The number of carbonyl (C=O) groups excluding carboxylic acids is 3. The first-order valence-electron chi connectivity index (χ1n) is 8.71. The zero-order valence-corrected chi connectivity index (χ0v) is 14.5. The first kappa shape index (κ1) is 17.3. The fourth-order valence-electron chi connectivity index (χ4n) is 2.87. The second kappa shape index (κ2) is 7.55. The van der Waals surface area contributed by atoms with Gasteiger partial charge in [-0.15, -0.1) is 0 Å². The van der Waals surface area contributed by atoms with Crippen LogP contribution in [0.15, 0.2) is 24.3 Å². The molecule has 7 nitrogen and oxygen atoms in total. The molecular formula is C18H24N4O3. The molecule has 1 aromatic carbocycles. The summed E-state index contributed by atoms with van der Waals surface area (Å²) in [4.78, 5) is 39.4. The molecule has 2 N–H and O–H groups in total. The zero-order valence-electron chi connectivity index (χ0n) is 14.5. The van der Waals surface area contributed by atoms with Crippen LogP contribution >= 0.6 is 0 Å². The summed E-state index contributed by atoms with van der Waals surface area (Å²) in [6.45, 7) is 4.65. The number of benzene rings is 1. The molecule has 0 spiro atoms. The highest BCUT2D eigenvalue weighted by molar-refractivity contribution is 6.35. The summed E-state index contributed by atoms with van der Waals surface area (Å²) in [6, 6.07) is 8.43. The number of hydrogen-bond donors (Lipinski definition) is 2. The summed E-state index contributed by atoms with van der Waals surface area (Å²) in [7, 11) is 0. The van der Waals surface area contributed by atoms with Crippen molar-refractivity contribution in [1.29, 1.82) is 0 Å². The van der Waals surface area contributed by atoms with E-state index in [9.17, 15) is 14.4 Å². The molecule has 1 saturated heterocycles. The minimum Gasteiger partial charge on any atom is -0.368 e. The van der Waals surface area contributed by atoms with Crippen molar-refractivity contribution in [2.75, 3.05) is 37.6 Å². The number of hydrogen-bond acceptors (Lipinski definition) is 4. The fraction of sp³-hybridized carbons (Fsp3) is 0.500. The van der Waals surface area contributed by atoms with Crippen LogP contribution in [-0.2, 0) is 14.4 Å². The largest absolute Gasteiger partial charge is 0.368 e. The van der Waals surface area contributed by atoms with E-state index in [1.807, 2.05) is 6.07 Å². The molecule has 2 aliphatic rings. The molecule has 134 valence electrons. The minimum atomic E-state index is -0.737. The van der Waals surface area contributed by atoms with Crippen LogP contribution in [0.4, 0.5) is 5.69 Å². The van der Waals surface area contributed by atoms with Gasteiger partial charge >= 0.3 is 11.8 Å². The van der Waals surface area contributed by atoms with E-state index in [2.05, 4.69) is 40.7 Å². The van der Waals surface area contributed by atoms with Crippen molar-refractivity contribution in [3.05, 3.63) is 29.8 Å². The molecule has 25 heavy (non-hydrogen) atoms. The maximum absolute atomic E-state index is 12.2. The second-order valence-electron chi connectivity index (χ2n) is 6.64. The third-order valence-corrected chi connectivity index (χ3v) is 4.52.